The Morgan fingerprint density at radius 1 is 1.00 bits per heavy atom. The van der Waals surface area contributed by atoms with Gasteiger partial charge in [0.2, 0.25) is 5.91 Å². The molecule has 0 aromatic heterocycles. The van der Waals surface area contributed by atoms with Gasteiger partial charge in [0.15, 0.2) is 0 Å². The lowest BCUT2D eigenvalue weighted by Gasteiger charge is -2.33. The first kappa shape index (κ1) is 21.9. The van der Waals surface area contributed by atoms with E-state index in [0.29, 0.717) is 29.4 Å². The summed E-state index contributed by atoms with van der Waals surface area (Å²) in [4.78, 5) is 42.7. The summed E-state index contributed by atoms with van der Waals surface area (Å²) in [5.74, 6) is 0.457. The summed E-state index contributed by atoms with van der Waals surface area (Å²) < 4.78 is 10.6. The Hall–Kier alpha value is -3.35. The first-order chi connectivity index (χ1) is 15.5. The topological polar surface area (TPSA) is 76.2 Å². The van der Waals surface area contributed by atoms with Crippen molar-refractivity contribution in [1.29, 1.82) is 0 Å². The van der Waals surface area contributed by atoms with Crippen LogP contribution in [0.25, 0.3) is 0 Å². The molecule has 0 radical (unpaired) electrons. The van der Waals surface area contributed by atoms with E-state index < -0.39 is 6.04 Å². The average molecular weight is 437 g/mol. The van der Waals surface area contributed by atoms with Crippen molar-refractivity contribution < 1.29 is 23.9 Å². The van der Waals surface area contributed by atoms with Crippen LogP contribution in [-0.4, -0.2) is 48.4 Å². The van der Waals surface area contributed by atoms with Gasteiger partial charge in [-0.3, -0.25) is 14.4 Å². The van der Waals surface area contributed by atoms with Gasteiger partial charge in [0.1, 0.15) is 17.5 Å². The fourth-order valence-electron chi connectivity index (χ4n) is 4.59. The molecular formula is C25H28N2O5. The average Bonchev–Trinajstić information content (AvgIpc) is 3.43. The molecule has 1 saturated carbocycles. The number of ether oxygens (including phenoxy) is 2. The Kier molecular flexibility index (Phi) is 6.44. The zero-order valence-electron chi connectivity index (χ0n) is 18.5. The quantitative estimate of drug-likeness (QED) is 0.617. The number of methoxy groups -OCH3 is 1. The standard InChI is InChI=1S/C25H28N2O5/c1-3-32-21-14-10-19(11-15-21)27-23(28)16-22(25(27)30)26(18-6-4-5-7-18)24(29)17-8-12-20(31-2)13-9-17/h8-15,18,22H,3-7,16H2,1-2H3. The van der Waals surface area contributed by atoms with Crippen LogP contribution in [0.3, 0.4) is 0 Å². The summed E-state index contributed by atoms with van der Waals surface area (Å²) in [7, 11) is 1.57. The van der Waals surface area contributed by atoms with Gasteiger partial charge in [0, 0.05) is 11.6 Å². The van der Waals surface area contributed by atoms with E-state index in [0.717, 1.165) is 25.7 Å². The van der Waals surface area contributed by atoms with E-state index in [1.165, 1.54) is 4.90 Å². The predicted molar refractivity (Wildman–Crippen MR) is 120 cm³/mol. The highest BCUT2D eigenvalue weighted by Gasteiger charge is 2.47. The SMILES string of the molecule is CCOc1ccc(N2C(=O)CC(N(C(=O)c3ccc(OC)cc3)C3CCCC3)C2=O)cc1. The van der Waals surface area contributed by atoms with Gasteiger partial charge in [-0.05, 0) is 68.3 Å². The Labute approximate surface area is 187 Å². The molecule has 1 aliphatic carbocycles. The number of hydrogen-bond donors (Lipinski definition) is 0. The normalized spacial score (nSPS) is 18.8. The number of hydrogen-bond acceptors (Lipinski definition) is 5. The van der Waals surface area contributed by atoms with E-state index >= 15 is 0 Å². The summed E-state index contributed by atoms with van der Waals surface area (Å²) in [5, 5.41) is 0. The fourth-order valence-corrected chi connectivity index (χ4v) is 4.59. The van der Waals surface area contributed by atoms with E-state index in [2.05, 4.69) is 0 Å². The van der Waals surface area contributed by atoms with Gasteiger partial charge < -0.3 is 14.4 Å². The van der Waals surface area contributed by atoms with E-state index in [1.807, 2.05) is 6.92 Å². The first-order valence-electron chi connectivity index (χ1n) is 11.1. The zero-order valence-corrected chi connectivity index (χ0v) is 18.5. The highest BCUT2D eigenvalue weighted by Crippen LogP contribution is 2.33. The molecule has 32 heavy (non-hydrogen) atoms. The molecule has 1 atom stereocenters. The van der Waals surface area contributed by atoms with Gasteiger partial charge >= 0.3 is 0 Å². The van der Waals surface area contributed by atoms with Gasteiger partial charge in [-0.15, -0.1) is 0 Å². The summed E-state index contributed by atoms with van der Waals surface area (Å²) >= 11 is 0. The lowest BCUT2D eigenvalue weighted by molar-refractivity contribution is -0.123. The molecule has 0 spiro atoms. The summed E-state index contributed by atoms with van der Waals surface area (Å²) in [6, 6.07) is 12.9. The van der Waals surface area contributed by atoms with Crippen molar-refractivity contribution in [2.45, 2.75) is 51.1 Å². The molecule has 3 amide bonds. The molecule has 1 unspecified atom stereocenters. The summed E-state index contributed by atoms with van der Waals surface area (Å²) in [6.07, 6.45) is 3.68. The number of benzene rings is 2. The van der Waals surface area contributed by atoms with Gasteiger partial charge in [-0.25, -0.2) is 4.90 Å². The molecule has 2 aromatic rings. The van der Waals surface area contributed by atoms with Crippen LogP contribution >= 0.6 is 0 Å². The van der Waals surface area contributed by atoms with E-state index in [9.17, 15) is 14.4 Å². The predicted octanol–water partition coefficient (Wildman–Crippen LogP) is 3.81. The molecule has 7 heteroatoms. The Morgan fingerprint density at radius 3 is 2.22 bits per heavy atom. The van der Waals surface area contributed by atoms with E-state index in [1.54, 1.807) is 60.5 Å². The third-order valence-electron chi connectivity index (χ3n) is 6.15. The third-order valence-corrected chi connectivity index (χ3v) is 6.15. The summed E-state index contributed by atoms with van der Waals surface area (Å²) in [6.45, 7) is 2.43. The maximum Gasteiger partial charge on any atom is 0.257 e. The second-order valence-corrected chi connectivity index (χ2v) is 8.09. The van der Waals surface area contributed by atoms with Crippen molar-refractivity contribution in [2.24, 2.45) is 0 Å². The minimum absolute atomic E-state index is 0.00948. The Bertz CT molecular complexity index is 980. The number of anilines is 1. The highest BCUT2D eigenvalue weighted by molar-refractivity contribution is 6.23. The maximum atomic E-state index is 13.5. The smallest absolute Gasteiger partial charge is 0.257 e. The minimum Gasteiger partial charge on any atom is -0.497 e. The number of imide groups is 1. The van der Waals surface area contributed by atoms with Crippen molar-refractivity contribution >= 4 is 23.4 Å². The van der Waals surface area contributed by atoms with Crippen LogP contribution in [0, 0.1) is 0 Å². The molecule has 1 heterocycles. The van der Waals surface area contributed by atoms with Crippen LogP contribution in [0.4, 0.5) is 5.69 Å². The second kappa shape index (κ2) is 9.42. The molecule has 4 rings (SSSR count). The van der Waals surface area contributed by atoms with Crippen molar-refractivity contribution in [2.75, 3.05) is 18.6 Å². The van der Waals surface area contributed by atoms with Crippen molar-refractivity contribution in [3.8, 4) is 11.5 Å². The van der Waals surface area contributed by atoms with Crippen molar-refractivity contribution in [3.05, 3.63) is 54.1 Å². The highest BCUT2D eigenvalue weighted by atomic mass is 16.5. The van der Waals surface area contributed by atoms with Crippen LogP contribution < -0.4 is 14.4 Å². The maximum absolute atomic E-state index is 13.5. The molecule has 1 saturated heterocycles. The molecule has 2 aromatic carbocycles. The largest absolute Gasteiger partial charge is 0.497 e. The third kappa shape index (κ3) is 4.20. The van der Waals surface area contributed by atoms with E-state index in [4.69, 9.17) is 9.47 Å². The zero-order chi connectivity index (χ0) is 22.7. The molecule has 168 valence electrons. The van der Waals surface area contributed by atoms with Crippen LogP contribution in [0.2, 0.25) is 0 Å². The first-order valence-corrected chi connectivity index (χ1v) is 11.1. The number of carbonyl (C=O) groups excluding carboxylic acids is 3. The molecule has 0 bridgehead atoms. The van der Waals surface area contributed by atoms with Crippen molar-refractivity contribution in [1.82, 2.24) is 4.90 Å². The molecule has 7 nitrogen and oxygen atoms in total. The van der Waals surface area contributed by atoms with Crippen LogP contribution in [-0.2, 0) is 9.59 Å². The Balaban J connectivity index is 1.61. The van der Waals surface area contributed by atoms with Gasteiger partial charge in [-0.1, -0.05) is 12.8 Å². The number of nitrogens with zero attached hydrogens (tertiary/aromatic N) is 2. The Morgan fingerprint density at radius 2 is 1.62 bits per heavy atom. The van der Waals surface area contributed by atoms with Gasteiger partial charge in [0.05, 0.1) is 25.8 Å². The van der Waals surface area contributed by atoms with Crippen LogP contribution in [0.1, 0.15) is 49.4 Å². The fraction of sp³-hybridized carbons (Fsp3) is 0.400. The minimum atomic E-state index is -0.799. The van der Waals surface area contributed by atoms with Crippen molar-refractivity contribution in [3.63, 3.8) is 0 Å². The molecule has 2 fully saturated rings. The number of amides is 3. The lowest BCUT2D eigenvalue weighted by Crippen LogP contribution is -2.50. The molecule has 1 aliphatic heterocycles. The number of carbonyl (C=O) groups is 3. The van der Waals surface area contributed by atoms with Crippen LogP contribution in [0.5, 0.6) is 11.5 Å². The van der Waals surface area contributed by atoms with Crippen LogP contribution in [0.15, 0.2) is 48.5 Å². The molecular weight excluding hydrogens is 408 g/mol. The van der Waals surface area contributed by atoms with Gasteiger partial charge in [-0.2, -0.15) is 0 Å². The van der Waals surface area contributed by atoms with E-state index in [-0.39, 0.29) is 30.2 Å². The monoisotopic (exact) mass is 436 g/mol. The molecule has 2 aliphatic rings. The molecule has 0 N–H and O–H groups in total. The lowest BCUT2D eigenvalue weighted by atomic mass is 10.1. The van der Waals surface area contributed by atoms with Gasteiger partial charge in [0.25, 0.3) is 11.8 Å². The summed E-state index contributed by atoms with van der Waals surface area (Å²) in [5.41, 5.74) is 0.978. The second-order valence-electron chi connectivity index (χ2n) is 8.09. The number of rotatable bonds is 7.